The number of rotatable bonds is 7. The van der Waals surface area contributed by atoms with Crippen LogP contribution in [-0.4, -0.2) is 30.8 Å². The van der Waals surface area contributed by atoms with Gasteiger partial charge in [0, 0.05) is 23.0 Å². The van der Waals surface area contributed by atoms with Crippen LogP contribution in [0.2, 0.25) is 0 Å². The number of hydrogen-bond acceptors (Lipinski definition) is 7. The summed E-state index contributed by atoms with van der Waals surface area (Å²) in [7, 11) is 3.11. The number of benzene rings is 2. The van der Waals surface area contributed by atoms with Gasteiger partial charge in [0.25, 0.3) is 5.91 Å². The van der Waals surface area contributed by atoms with Crippen LogP contribution >= 0.6 is 11.3 Å². The Morgan fingerprint density at radius 3 is 2.40 bits per heavy atom. The van der Waals surface area contributed by atoms with Crippen molar-refractivity contribution >= 4 is 44.0 Å². The molecule has 0 spiro atoms. The molecule has 2 N–H and O–H groups in total. The number of hydrogen-bond donors (Lipinski definition) is 2. The lowest BCUT2D eigenvalue weighted by Gasteiger charge is -2.13. The van der Waals surface area contributed by atoms with Crippen LogP contribution in [0, 0.1) is 13.8 Å². The third-order valence-corrected chi connectivity index (χ3v) is 5.92. The molecule has 0 radical (unpaired) electrons. The lowest BCUT2D eigenvalue weighted by molar-refractivity contribution is 0.102. The van der Waals surface area contributed by atoms with Crippen LogP contribution < -0.4 is 20.2 Å². The normalized spacial score (nSPS) is 11.5. The van der Waals surface area contributed by atoms with E-state index in [1.807, 2.05) is 26.8 Å². The first-order chi connectivity index (χ1) is 14.4. The van der Waals surface area contributed by atoms with Crippen molar-refractivity contribution in [3.8, 4) is 11.5 Å². The monoisotopic (exact) mass is 426 g/mol. The maximum absolute atomic E-state index is 12.9. The Labute approximate surface area is 180 Å². The number of carbonyl (C=O) groups is 1. The van der Waals surface area contributed by atoms with Gasteiger partial charge in [-0.1, -0.05) is 18.3 Å². The molecule has 3 aromatic rings. The molecule has 7 nitrogen and oxygen atoms in total. The Morgan fingerprint density at radius 2 is 1.80 bits per heavy atom. The highest BCUT2D eigenvalue weighted by Gasteiger charge is 2.16. The van der Waals surface area contributed by atoms with E-state index in [-0.39, 0.29) is 5.91 Å². The predicted molar refractivity (Wildman–Crippen MR) is 124 cm³/mol. The quantitative estimate of drug-likeness (QED) is 0.391. The van der Waals surface area contributed by atoms with Crippen molar-refractivity contribution in [2.24, 2.45) is 5.10 Å². The van der Waals surface area contributed by atoms with Crippen LogP contribution in [0.15, 0.2) is 29.4 Å². The summed E-state index contributed by atoms with van der Waals surface area (Å²) in [4.78, 5) is 17.6. The highest BCUT2D eigenvalue weighted by molar-refractivity contribution is 7.22. The summed E-state index contributed by atoms with van der Waals surface area (Å²) in [6.07, 6.45) is 0.876. The Kier molecular flexibility index (Phi) is 6.56. The van der Waals surface area contributed by atoms with E-state index in [1.165, 1.54) is 11.3 Å². The zero-order valence-corrected chi connectivity index (χ0v) is 18.9. The number of methoxy groups -OCH3 is 2. The molecular weight excluding hydrogens is 400 g/mol. The highest BCUT2D eigenvalue weighted by atomic mass is 32.1. The Bertz CT molecular complexity index is 1100. The Balaban J connectivity index is 1.93. The van der Waals surface area contributed by atoms with Gasteiger partial charge in [0.05, 0.1) is 24.4 Å². The zero-order chi connectivity index (χ0) is 21.8. The van der Waals surface area contributed by atoms with E-state index >= 15 is 0 Å². The van der Waals surface area contributed by atoms with Gasteiger partial charge in [-0.15, -0.1) is 0 Å². The number of nitrogens with zero attached hydrogens (tertiary/aromatic N) is 2. The van der Waals surface area contributed by atoms with E-state index in [9.17, 15) is 4.79 Å². The number of nitrogens with one attached hydrogen (secondary N) is 2. The Hall–Kier alpha value is -3.13. The first kappa shape index (κ1) is 21.6. The van der Waals surface area contributed by atoms with Crippen molar-refractivity contribution in [1.82, 2.24) is 4.98 Å². The third kappa shape index (κ3) is 4.54. The molecule has 0 aliphatic heterocycles. The van der Waals surface area contributed by atoms with Gasteiger partial charge in [-0.2, -0.15) is 5.10 Å². The maximum Gasteiger partial charge on any atom is 0.255 e. The molecule has 0 atom stereocenters. The van der Waals surface area contributed by atoms with E-state index in [0.717, 1.165) is 44.3 Å². The van der Waals surface area contributed by atoms with Gasteiger partial charge in [0.1, 0.15) is 11.5 Å². The summed E-state index contributed by atoms with van der Waals surface area (Å²) in [5.41, 5.74) is 8.05. The van der Waals surface area contributed by atoms with E-state index in [2.05, 4.69) is 27.8 Å². The molecule has 158 valence electrons. The van der Waals surface area contributed by atoms with Gasteiger partial charge in [0.2, 0.25) is 5.13 Å². The number of carbonyl (C=O) groups excluding carboxylic acids is 1. The predicted octanol–water partition coefficient (Wildman–Crippen LogP) is 5.38. The smallest absolute Gasteiger partial charge is 0.255 e. The van der Waals surface area contributed by atoms with Gasteiger partial charge in [-0.3, -0.25) is 10.2 Å². The summed E-state index contributed by atoms with van der Waals surface area (Å²) in [5.74, 6) is 0.887. The van der Waals surface area contributed by atoms with Crippen molar-refractivity contribution in [3.05, 3.63) is 41.0 Å². The number of fused-ring (bicyclic) bond motifs is 1. The molecule has 2 aromatic carbocycles. The highest BCUT2D eigenvalue weighted by Crippen LogP contribution is 2.35. The van der Waals surface area contributed by atoms with E-state index < -0.39 is 0 Å². The van der Waals surface area contributed by atoms with Crippen molar-refractivity contribution in [2.75, 3.05) is 25.0 Å². The summed E-state index contributed by atoms with van der Waals surface area (Å²) in [6, 6.07) is 7.07. The zero-order valence-electron chi connectivity index (χ0n) is 18.0. The number of aryl methyl sites for hydroxylation is 2. The summed E-state index contributed by atoms with van der Waals surface area (Å²) >= 11 is 1.51. The van der Waals surface area contributed by atoms with Crippen molar-refractivity contribution in [2.45, 2.75) is 34.1 Å². The standard InChI is InChI=1S/C22H26N4O3S/c1-7-13(3)25-26-22-23-18-8-12(2)19(14(4)20(18)30-22)24-21(27)15-9-16(28-5)11-17(10-15)29-6/h8-11H,7H2,1-6H3,(H,23,26)(H,24,27)/b25-13-. The molecule has 3 rings (SSSR count). The second kappa shape index (κ2) is 9.13. The van der Waals surface area contributed by atoms with Crippen LogP contribution in [0.3, 0.4) is 0 Å². The van der Waals surface area contributed by atoms with Gasteiger partial charge in [-0.25, -0.2) is 4.98 Å². The van der Waals surface area contributed by atoms with E-state index in [1.54, 1.807) is 32.4 Å². The summed E-state index contributed by atoms with van der Waals surface area (Å²) < 4.78 is 11.5. The number of amides is 1. The lowest BCUT2D eigenvalue weighted by Crippen LogP contribution is -2.14. The molecule has 0 saturated carbocycles. The fraction of sp³-hybridized carbons (Fsp3) is 0.318. The number of thiazole rings is 1. The second-order valence-electron chi connectivity index (χ2n) is 6.93. The van der Waals surface area contributed by atoms with Crippen molar-refractivity contribution in [1.29, 1.82) is 0 Å². The molecule has 0 saturated heterocycles. The summed E-state index contributed by atoms with van der Waals surface area (Å²) in [5, 5.41) is 8.09. The summed E-state index contributed by atoms with van der Waals surface area (Å²) in [6.45, 7) is 7.97. The first-order valence-corrected chi connectivity index (χ1v) is 10.4. The van der Waals surface area contributed by atoms with Crippen LogP contribution in [0.1, 0.15) is 41.8 Å². The van der Waals surface area contributed by atoms with Gasteiger partial charge < -0.3 is 14.8 Å². The van der Waals surface area contributed by atoms with Crippen molar-refractivity contribution < 1.29 is 14.3 Å². The molecule has 8 heteroatoms. The molecule has 0 aliphatic rings. The van der Waals surface area contributed by atoms with Gasteiger partial charge in [0.15, 0.2) is 0 Å². The fourth-order valence-electron chi connectivity index (χ4n) is 2.97. The molecule has 30 heavy (non-hydrogen) atoms. The average molecular weight is 427 g/mol. The minimum Gasteiger partial charge on any atom is -0.497 e. The second-order valence-corrected chi connectivity index (χ2v) is 7.93. The maximum atomic E-state index is 12.9. The van der Waals surface area contributed by atoms with Crippen LogP contribution in [0.25, 0.3) is 10.2 Å². The average Bonchev–Trinajstić information content (AvgIpc) is 3.17. The van der Waals surface area contributed by atoms with E-state index in [4.69, 9.17) is 9.47 Å². The lowest BCUT2D eigenvalue weighted by atomic mass is 10.1. The molecule has 1 aromatic heterocycles. The van der Waals surface area contributed by atoms with Gasteiger partial charge >= 0.3 is 0 Å². The van der Waals surface area contributed by atoms with E-state index in [0.29, 0.717) is 17.1 Å². The molecular formula is C22H26N4O3S. The molecule has 1 amide bonds. The number of ether oxygens (including phenoxy) is 2. The third-order valence-electron chi connectivity index (χ3n) is 4.82. The first-order valence-electron chi connectivity index (χ1n) is 9.60. The number of hydrazone groups is 1. The minimum absolute atomic E-state index is 0.233. The minimum atomic E-state index is -0.233. The molecule has 0 unspecified atom stereocenters. The van der Waals surface area contributed by atoms with Crippen LogP contribution in [0.4, 0.5) is 10.8 Å². The van der Waals surface area contributed by atoms with Gasteiger partial charge in [-0.05, 0) is 56.5 Å². The molecule has 0 bridgehead atoms. The number of anilines is 2. The van der Waals surface area contributed by atoms with Crippen molar-refractivity contribution in [3.63, 3.8) is 0 Å². The molecule has 0 fully saturated rings. The van der Waals surface area contributed by atoms with Crippen LogP contribution in [-0.2, 0) is 0 Å². The van der Waals surface area contributed by atoms with Crippen LogP contribution in [0.5, 0.6) is 11.5 Å². The Morgan fingerprint density at radius 1 is 1.13 bits per heavy atom. The number of aromatic nitrogens is 1. The fourth-order valence-corrected chi connectivity index (χ4v) is 3.86. The SMILES string of the molecule is CC/C(C)=N\Nc1nc2cc(C)c(NC(=O)c3cc(OC)cc(OC)c3)c(C)c2s1. The molecule has 0 aliphatic carbocycles. The topological polar surface area (TPSA) is 84.8 Å². The largest absolute Gasteiger partial charge is 0.497 e. The molecule has 1 heterocycles.